The van der Waals surface area contributed by atoms with Gasteiger partial charge in [-0.2, -0.15) is 0 Å². The molecule has 1 amide bonds. The lowest BCUT2D eigenvalue weighted by Gasteiger charge is -2.36. The molecule has 2 aromatic carbocycles. The number of hydrogen-bond acceptors (Lipinski definition) is 5. The number of nitrogens with zero attached hydrogens (tertiary/aromatic N) is 2. The Bertz CT molecular complexity index is 1110. The van der Waals surface area contributed by atoms with Crippen LogP contribution in [0, 0.1) is 5.41 Å². The number of carbonyl (C=O) groups excluding carboxylic acids is 1. The number of aromatic nitrogens is 2. The van der Waals surface area contributed by atoms with Crippen molar-refractivity contribution in [2.45, 2.75) is 37.4 Å². The minimum absolute atomic E-state index is 0.0286. The van der Waals surface area contributed by atoms with Crippen LogP contribution in [-0.2, 0) is 11.2 Å². The second kappa shape index (κ2) is 11.5. The summed E-state index contributed by atoms with van der Waals surface area (Å²) in [6.07, 6.45) is 6.61. The molecule has 0 bridgehead atoms. The third kappa shape index (κ3) is 6.51. The zero-order valence-corrected chi connectivity index (χ0v) is 21.4. The van der Waals surface area contributed by atoms with E-state index in [1.54, 1.807) is 12.4 Å². The zero-order valence-electron chi connectivity index (χ0n) is 19.1. The first-order valence-corrected chi connectivity index (χ1v) is 13.1. The van der Waals surface area contributed by atoms with Gasteiger partial charge < -0.3 is 10.6 Å². The molecule has 1 fully saturated rings. The van der Waals surface area contributed by atoms with Crippen molar-refractivity contribution < 1.29 is 4.79 Å². The van der Waals surface area contributed by atoms with Crippen molar-refractivity contribution in [1.29, 1.82) is 0 Å². The van der Waals surface area contributed by atoms with Gasteiger partial charge in [-0.25, -0.2) is 9.97 Å². The molecule has 5 nitrogen and oxygen atoms in total. The Balaban J connectivity index is 1.33. The summed E-state index contributed by atoms with van der Waals surface area (Å²) in [5.74, 6) is 0.241. The first-order valence-electron chi connectivity index (χ1n) is 11.4. The molecule has 0 spiro atoms. The molecule has 2 heterocycles. The Morgan fingerprint density at radius 2 is 1.88 bits per heavy atom. The Morgan fingerprint density at radius 3 is 2.56 bits per heavy atom. The van der Waals surface area contributed by atoms with E-state index in [-0.39, 0.29) is 17.1 Å². The van der Waals surface area contributed by atoms with Gasteiger partial charge in [0, 0.05) is 36.0 Å². The molecule has 0 radical (unpaired) electrons. The summed E-state index contributed by atoms with van der Waals surface area (Å²) in [6.45, 7) is 3.79. The molecular formula is C26H28Cl2N4OS. The maximum atomic E-state index is 12.7. The summed E-state index contributed by atoms with van der Waals surface area (Å²) >= 11 is 13.7. The number of benzene rings is 2. The first kappa shape index (κ1) is 25.0. The Hall–Kier alpha value is -2.12. The van der Waals surface area contributed by atoms with Gasteiger partial charge in [0.1, 0.15) is 0 Å². The number of nitrogens with one attached hydrogen (secondary N) is 2. The van der Waals surface area contributed by atoms with Crippen molar-refractivity contribution in [3.05, 3.63) is 76.5 Å². The molecular weight excluding hydrogens is 487 g/mol. The van der Waals surface area contributed by atoms with Crippen molar-refractivity contribution in [2.75, 3.05) is 18.8 Å². The molecule has 1 aromatic heterocycles. The summed E-state index contributed by atoms with van der Waals surface area (Å²) in [5, 5.41) is 8.44. The van der Waals surface area contributed by atoms with Crippen LogP contribution in [0.2, 0.25) is 10.0 Å². The van der Waals surface area contributed by atoms with E-state index in [1.807, 2.05) is 48.5 Å². The highest BCUT2D eigenvalue weighted by atomic mass is 35.5. The SMILES string of the molecule is C[C@@](CNC(=O)CSc1ncc(-c2ccccc2)cn1)(Cc1ccc(Cl)c(Cl)c1)C1CCCN1. The molecule has 1 aliphatic rings. The van der Waals surface area contributed by atoms with Crippen molar-refractivity contribution in [3.63, 3.8) is 0 Å². The average Bonchev–Trinajstić information content (AvgIpc) is 3.41. The highest BCUT2D eigenvalue weighted by Gasteiger charge is 2.36. The van der Waals surface area contributed by atoms with E-state index >= 15 is 0 Å². The molecule has 1 aliphatic heterocycles. The molecule has 1 saturated heterocycles. The zero-order chi connectivity index (χ0) is 24.0. The number of amides is 1. The van der Waals surface area contributed by atoms with Crippen LogP contribution in [0.4, 0.5) is 0 Å². The molecule has 4 rings (SSSR count). The van der Waals surface area contributed by atoms with Crippen LogP contribution < -0.4 is 10.6 Å². The standard InChI is InChI=1S/C26H28Cl2N4OS/c1-26(23-8-5-11-29-23,13-18-9-10-21(27)22(28)12-18)17-32-24(33)16-34-25-30-14-20(15-31-25)19-6-3-2-4-7-19/h2-4,6-7,9-10,12,14-15,23,29H,5,8,11,13,16-17H2,1H3,(H,32,33)/t23?,26-/m0/s1. The molecule has 3 aromatic rings. The molecule has 34 heavy (non-hydrogen) atoms. The number of halogens is 2. The third-order valence-electron chi connectivity index (χ3n) is 6.25. The minimum atomic E-state index is -0.151. The lowest BCUT2D eigenvalue weighted by Crippen LogP contribution is -2.49. The lowest BCUT2D eigenvalue weighted by atomic mass is 9.76. The minimum Gasteiger partial charge on any atom is -0.355 e. The van der Waals surface area contributed by atoms with Crippen molar-refractivity contribution >= 4 is 40.9 Å². The van der Waals surface area contributed by atoms with Crippen LogP contribution in [0.5, 0.6) is 0 Å². The number of thioether (sulfide) groups is 1. The van der Waals surface area contributed by atoms with Crippen LogP contribution in [0.1, 0.15) is 25.3 Å². The topological polar surface area (TPSA) is 66.9 Å². The highest BCUT2D eigenvalue weighted by molar-refractivity contribution is 7.99. The van der Waals surface area contributed by atoms with Gasteiger partial charge in [-0.3, -0.25) is 4.79 Å². The molecule has 0 aliphatic carbocycles. The fraction of sp³-hybridized carbons (Fsp3) is 0.346. The van der Waals surface area contributed by atoms with E-state index in [0.717, 1.165) is 42.5 Å². The van der Waals surface area contributed by atoms with Gasteiger partial charge in [0.25, 0.3) is 0 Å². The summed E-state index contributed by atoms with van der Waals surface area (Å²) in [7, 11) is 0. The fourth-order valence-electron chi connectivity index (χ4n) is 4.36. The van der Waals surface area contributed by atoms with E-state index in [0.29, 0.717) is 27.8 Å². The molecule has 8 heteroatoms. The van der Waals surface area contributed by atoms with E-state index in [9.17, 15) is 4.79 Å². The molecule has 178 valence electrons. The third-order valence-corrected chi connectivity index (χ3v) is 7.87. The molecule has 2 atom stereocenters. The van der Waals surface area contributed by atoms with Crippen molar-refractivity contribution in [3.8, 4) is 11.1 Å². The number of rotatable bonds is 9. The highest BCUT2D eigenvalue weighted by Crippen LogP contribution is 2.33. The van der Waals surface area contributed by atoms with Crippen LogP contribution in [-0.4, -0.2) is 40.8 Å². The Kier molecular flexibility index (Phi) is 8.48. The number of carbonyl (C=O) groups is 1. The van der Waals surface area contributed by atoms with E-state index in [2.05, 4.69) is 27.5 Å². The van der Waals surface area contributed by atoms with Gasteiger partial charge in [0.05, 0.1) is 15.8 Å². The molecule has 1 unspecified atom stereocenters. The monoisotopic (exact) mass is 514 g/mol. The van der Waals surface area contributed by atoms with Crippen LogP contribution in [0.3, 0.4) is 0 Å². The quantitative estimate of drug-likeness (QED) is 0.284. The second-order valence-corrected chi connectivity index (χ2v) is 10.7. The van der Waals surface area contributed by atoms with Gasteiger partial charge in [-0.05, 0) is 49.1 Å². The average molecular weight is 516 g/mol. The van der Waals surface area contributed by atoms with E-state index in [4.69, 9.17) is 23.2 Å². The van der Waals surface area contributed by atoms with Crippen LogP contribution in [0.15, 0.2) is 66.1 Å². The van der Waals surface area contributed by atoms with Gasteiger partial charge in [0.2, 0.25) is 5.91 Å². The fourth-order valence-corrected chi connectivity index (χ4v) is 5.29. The smallest absolute Gasteiger partial charge is 0.230 e. The number of hydrogen-bond donors (Lipinski definition) is 2. The summed E-state index contributed by atoms with van der Waals surface area (Å²) in [6, 6.07) is 16.1. The van der Waals surface area contributed by atoms with Gasteiger partial charge in [-0.15, -0.1) is 0 Å². The second-order valence-electron chi connectivity index (χ2n) is 8.91. The van der Waals surface area contributed by atoms with Gasteiger partial charge >= 0.3 is 0 Å². The molecule has 2 N–H and O–H groups in total. The maximum Gasteiger partial charge on any atom is 0.230 e. The van der Waals surface area contributed by atoms with Crippen molar-refractivity contribution in [2.24, 2.45) is 5.41 Å². The lowest BCUT2D eigenvalue weighted by molar-refractivity contribution is -0.119. The van der Waals surface area contributed by atoms with Crippen LogP contribution >= 0.6 is 35.0 Å². The van der Waals surface area contributed by atoms with Crippen molar-refractivity contribution in [1.82, 2.24) is 20.6 Å². The Labute approximate surface area is 215 Å². The summed E-state index contributed by atoms with van der Waals surface area (Å²) in [4.78, 5) is 21.5. The first-order chi connectivity index (χ1) is 16.4. The predicted octanol–water partition coefficient (Wildman–Crippen LogP) is 5.66. The van der Waals surface area contributed by atoms with Gasteiger partial charge in [-0.1, -0.05) is 78.3 Å². The Morgan fingerprint density at radius 1 is 1.12 bits per heavy atom. The largest absolute Gasteiger partial charge is 0.355 e. The van der Waals surface area contributed by atoms with Crippen LogP contribution in [0.25, 0.3) is 11.1 Å². The molecule has 0 saturated carbocycles. The van der Waals surface area contributed by atoms with E-state index < -0.39 is 0 Å². The maximum absolute atomic E-state index is 12.7. The van der Waals surface area contributed by atoms with Gasteiger partial charge in [0.15, 0.2) is 5.16 Å². The normalized spacial score (nSPS) is 17.3. The predicted molar refractivity (Wildman–Crippen MR) is 140 cm³/mol. The van der Waals surface area contributed by atoms with E-state index in [1.165, 1.54) is 11.8 Å². The summed E-state index contributed by atoms with van der Waals surface area (Å²) < 4.78 is 0. The summed E-state index contributed by atoms with van der Waals surface area (Å²) in [5.41, 5.74) is 2.98.